The Morgan fingerprint density at radius 2 is 1.96 bits per heavy atom. The molecule has 122 valence electrons. The number of hydrogen-bond donors (Lipinski definition) is 4. The van der Waals surface area contributed by atoms with Crippen LogP contribution in [-0.2, 0) is 9.53 Å². The van der Waals surface area contributed by atoms with Crippen molar-refractivity contribution in [2.75, 3.05) is 5.32 Å². The van der Waals surface area contributed by atoms with Crippen LogP contribution in [0.4, 0.5) is 5.69 Å². The lowest BCUT2D eigenvalue weighted by Crippen LogP contribution is -2.45. The predicted molar refractivity (Wildman–Crippen MR) is 82.6 cm³/mol. The second-order valence-corrected chi connectivity index (χ2v) is 4.78. The zero-order valence-corrected chi connectivity index (χ0v) is 12.2. The molecule has 1 aromatic carbocycles. The van der Waals surface area contributed by atoms with Crippen LogP contribution >= 0.6 is 0 Å². The Bertz CT molecular complexity index is 636. The fraction of sp³-hybridized carbons (Fsp3) is 0.188. The van der Waals surface area contributed by atoms with Crippen LogP contribution in [0, 0.1) is 0 Å². The Labute approximate surface area is 132 Å². The lowest BCUT2D eigenvalue weighted by Gasteiger charge is -2.34. The molecule has 1 aromatic rings. The Kier molecular flexibility index (Phi) is 5.05. The van der Waals surface area contributed by atoms with Crippen molar-refractivity contribution in [3.05, 3.63) is 61.1 Å². The molecule has 0 unspecified atom stereocenters. The van der Waals surface area contributed by atoms with E-state index < -0.39 is 18.5 Å². The first kappa shape index (κ1) is 16.6. The molecule has 1 amide bonds. The molecule has 7 nitrogen and oxygen atoms in total. The van der Waals surface area contributed by atoms with Crippen molar-refractivity contribution in [2.45, 2.75) is 18.5 Å². The largest absolute Gasteiger partial charge is 0.512 e. The van der Waals surface area contributed by atoms with Gasteiger partial charge in [-0.1, -0.05) is 13.2 Å². The lowest BCUT2D eigenvalue weighted by atomic mass is 10.0. The standard InChI is InChI=1S/C16H17NO6/c1-3-13(19)17-10-4-6-11(7-5-10)22-16-15(21)9(2)14(20)12(8-18)23-16/h3-8,14-16,18,20-21H,1-2H2,(H,17,19)/b12-8+/t14-,15+,16-/m0/s1. The van der Waals surface area contributed by atoms with Gasteiger partial charge in [0.05, 0.1) is 0 Å². The molecule has 0 radical (unpaired) electrons. The third-order valence-corrected chi connectivity index (χ3v) is 3.20. The topological polar surface area (TPSA) is 108 Å². The van der Waals surface area contributed by atoms with E-state index in [1.807, 2.05) is 0 Å². The van der Waals surface area contributed by atoms with Crippen LogP contribution in [0.25, 0.3) is 0 Å². The fourth-order valence-electron chi connectivity index (χ4n) is 1.92. The summed E-state index contributed by atoms with van der Waals surface area (Å²) in [6, 6.07) is 6.31. The number of aliphatic hydroxyl groups excluding tert-OH is 3. The Morgan fingerprint density at radius 1 is 1.30 bits per heavy atom. The number of benzene rings is 1. The van der Waals surface area contributed by atoms with E-state index in [1.165, 1.54) is 0 Å². The van der Waals surface area contributed by atoms with E-state index in [0.717, 1.165) is 6.08 Å². The molecule has 1 fully saturated rings. The van der Waals surface area contributed by atoms with Gasteiger partial charge in [0, 0.05) is 5.69 Å². The van der Waals surface area contributed by atoms with Gasteiger partial charge in [-0.15, -0.1) is 0 Å². The van der Waals surface area contributed by atoms with Crippen LogP contribution < -0.4 is 10.1 Å². The highest BCUT2D eigenvalue weighted by Gasteiger charge is 2.38. The highest BCUT2D eigenvalue weighted by atomic mass is 16.7. The third-order valence-electron chi connectivity index (χ3n) is 3.20. The van der Waals surface area contributed by atoms with Crippen LogP contribution in [-0.4, -0.2) is 39.7 Å². The molecule has 0 aliphatic carbocycles. The van der Waals surface area contributed by atoms with Crippen molar-refractivity contribution in [3.8, 4) is 5.75 Å². The van der Waals surface area contributed by atoms with Crippen molar-refractivity contribution in [1.82, 2.24) is 0 Å². The first-order valence-electron chi connectivity index (χ1n) is 6.72. The van der Waals surface area contributed by atoms with Gasteiger partial charge in [0.15, 0.2) is 11.9 Å². The molecule has 0 aromatic heterocycles. The van der Waals surface area contributed by atoms with Crippen LogP contribution in [0.5, 0.6) is 5.75 Å². The van der Waals surface area contributed by atoms with Gasteiger partial charge in [0.1, 0.15) is 18.1 Å². The minimum atomic E-state index is -1.30. The van der Waals surface area contributed by atoms with Gasteiger partial charge in [-0.05, 0) is 35.9 Å². The summed E-state index contributed by atoms with van der Waals surface area (Å²) in [5.74, 6) is -0.153. The first-order valence-corrected chi connectivity index (χ1v) is 6.72. The molecule has 0 spiro atoms. The molecule has 2 rings (SSSR count). The zero-order chi connectivity index (χ0) is 17.0. The zero-order valence-electron chi connectivity index (χ0n) is 12.2. The third kappa shape index (κ3) is 3.71. The molecule has 1 aliphatic rings. The number of aliphatic hydroxyl groups is 3. The number of nitrogens with one attached hydrogen (secondary N) is 1. The van der Waals surface area contributed by atoms with Crippen LogP contribution in [0.1, 0.15) is 0 Å². The van der Waals surface area contributed by atoms with Gasteiger partial charge in [0.2, 0.25) is 5.91 Å². The van der Waals surface area contributed by atoms with Crippen molar-refractivity contribution >= 4 is 11.6 Å². The molecule has 4 N–H and O–H groups in total. The Balaban J connectivity index is 2.07. The van der Waals surface area contributed by atoms with Gasteiger partial charge >= 0.3 is 0 Å². The second kappa shape index (κ2) is 6.99. The maximum Gasteiger partial charge on any atom is 0.270 e. The smallest absolute Gasteiger partial charge is 0.270 e. The predicted octanol–water partition coefficient (Wildman–Crippen LogP) is 1.22. The van der Waals surface area contributed by atoms with Gasteiger partial charge in [-0.2, -0.15) is 0 Å². The summed E-state index contributed by atoms with van der Waals surface area (Å²) in [4.78, 5) is 11.2. The maximum absolute atomic E-state index is 11.2. The number of rotatable bonds is 4. The summed E-state index contributed by atoms with van der Waals surface area (Å²) < 4.78 is 10.7. The molecule has 1 aliphatic heterocycles. The summed E-state index contributed by atoms with van der Waals surface area (Å²) in [6.45, 7) is 6.91. The van der Waals surface area contributed by atoms with Gasteiger partial charge in [-0.25, -0.2) is 0 Å². The molecule has 0 saturated carbocycles. The summed E-state index contributed by atoms with van der Waals surface area (Å²) in [5.41, 5.74) is 0.597. The van der Waals surface area contributed by atoms with E-state index in [-0.39, 0.29) is 17.2 Å². The highest BCUT2D eigenvalue weighted by molar-refractivity contribution is 5.98. The van der Waals surface area contributed by atoms with Crippen LogP contribution in [0.15, 0.2) is 61.1 Å². The van der Waals surface area contributed by atoms with E-state index in [2.05, 4.69) is 18.5 Å². The lowest BCUT2D eigenvalue weighted by molar-refractivity contribution is -0.142. The number of carbonyl (C=O) groups excluding carboxylic acids is 1. The minimum Gasteiger partial charge on any atom is -0.512 e. The molecule has 0 bridgehead atoms. The molecule has 3 atom stereocenters. The average molecular weight is 319 g/mol. The first-order chi connectivity index (χ1) is 11.0. The number of anilines is 1. The summed E-state index contributed by atoms with van der Waals surface area (Å²) in [5, 5.41) is 31.3. The van der Waals surface area contributed by atoms with Crippen molar-refractivity contribution in [2.24, 2.45) is 0 Å². The fourth-order valence-corrected chi connectivity index (χ4v) is 1.92. The number of amides is 1. The second-order valence-electron chi connectivity index (χ2n) is 4.78. The van der Waals surface area contributed by atoms with Crippen LogP contribution in [0.2, 0.25) is 0 Å². The summed E-state index contributed by atoms with van der Waals surface area (Å²) in [6.07, 6.45) is -2.00. The van der Waals surface area contributed by atoms with Gasteiger partial charge in [0.25, 0.3) is 6.29 Å². The number of hydrogen-bond acceptors (Lipinski definition) is 6. The number of ether oxygens (including phenoxy) is 2. The molecule has 1 saturated heterocycles. The Morgan fingerprint density at radius 3 is 2.52 bits per heavy atom. The summed E-state index contributed by atoms with van der Waals surface area (Å²) in [7, 11) is 0. The summed E-state index contributed by atoms with van der Waals surface area (Å²) >= 11 is 0. The number of carbonyl (C=O) groups is 1. The van der Waals surface area contributed by atoms with E-state index in [9.17, 15) is 15.0 Å². The van der Waals surface area contributed by atoms with E-state index in [1.54, 1.807) is 24.3 Å². The molecular weight excluding hydrogens is 302 g/mol. The van der Waals surface area contributed by atoms with E-state index in [0.29, 0.717) is 17.7 Å². The normalized spacial score (nSPS) is 25.6. The van der Waals surface area contributed by atoms with Crippen molar-refractivity contribution < 1.29 is 29.6 Å². The van der Waals surface area contributed by atoms with Gasteiger partial charge in [-0.3, -0.25) is 4.79 Å². The SMILES string of the molecule is C=CC(=O)Nc1ccc(O[C@H]2O/C(=C/O)[C@@H](O)C(=C)[C@H]2O)cc1. The quantitative estimate of drug-likeness (QED) is 0.377. The molecular formula is C16H17NO6. The van der Waals surface area contributed by atoms with E-state index >= 15 is 0 Å². The minimum absolute atomic E-state index is 0.0522. The Hall–Kier alpha value is -2.77. The van der Waals surface area contributed by atoms with Gasteiger partial charge < -0.3 is 30.1 Å². The maximum atomic E-state index is 11.2. The van der Waals surface area contributed by atoms with Crippen molar-refractivity contribution in [1.29, 1.82) is 0 Å². The monoisotopic (exact) mass is 319 g/mol. The van der Waals surface area contributed by atoms with Crippen molar-refractivity contribution in [3.63, 3.8) is 0 Å². The molecule has 23 heavy (non-hydrogen) atoms. The molecule has 7 heteroatoms. The van der Waals surface area contributed by atoms with Crippen LogP contribution in [0.3, 0.4) is 0 Å². The average Bonchev–Trinajstić information content (AvgIpc) is 2.56. The van der Waals surface area contributed by atoms with E-state index in [4.69, 9.17) is 14.6 Å². The highest BCUT2D eigenvalue weighted by Crippen LogP contribution is 2.29. The molecule has 1 heterocycles.